The van der Waals surface area contributed by atoms with E-state index in [1.807, 2.05) is 4.98 Å². The zero-order valence-corrected chi connectivity index (χ0v) is 68.7. The Morgan fingerprint density at radius 2 is 0.778 bits per heavy atom. The zero-order chi connectivity index (χ0) is 90.1. The highest BCUT2D eigenvalue weighted by Crippen LogP contribution is 2.56. The molecule has 0 amide bonds. The van der Waals surface area contributed by atoms with Crippen LogP contribution in [0.2, 0.25) is 0 Å². The SMILES string of the molecule is Cc1cn([C@H]2C[C@H](OP(=O)(O)OC[C@H]3O[C@@H](n4cnc5c(=O)[nH]c(N)nc54)C[C@@H]3O)[C@@H](COP(=O)(O)O[C@H]3C[C@H](n4cnc5c(=O)[nH]c(N)nc54)O[C@@H]3COP(=O)(O)O[C@H]3C[C@H](n4ccc(N)nc4=O)O[C@@H]3COP(=O)(O)O[C@H]3C[C@H](n4cnc5c(=O)[nH]c(N)nc54)O[C@@H]3COP(=O)(O)O[C@H]3C[C@H](n4cc(/C=C/C(=O)O)c(=O)[nH]c4=O)O[C@@H]3CO)O2)c(=O)[nH]c1=O. The number of anilines is 4. The summed E-state index contributed by atoms with van der Waals surface area (Å²) in [5.74, 6) is -2.80. The second-order valence-corrected chi connectivity index (χ2v) is 35.8. The van der Waals surface area contributed by atoms with Crippen LogP contribution in [0.5, 0.6) is 0 Å². The topological polar surface area (TPSA) is 851 Å². The predicted molar refractivity (Wildman–Crippen MR) is 412 cm³/mol. The second kappa shape index (κ2) is 35.9. The number of nitrogen functional groups attached to an aromatic ring is 4. The maximum Gasteiger partial charge on any atom is 0.472 e. The van der Waals surface area contributed by atoms with Gasteiger partial charge in [-0.15, -0.1) is 0 Å². The van der Waals surface area contributed by atoms with E-state index in [-0.39, 0.29) is 62.8 Å². The van der Waals surface area contributed by atoms with E-state index in [0.29, 0.717) is 6.08 Å². The molecule has 5 unspecified atom stereocenters. The third kappa shape index (κ3) is 20.2. The van der Waals surface area contributed by atoms with Gasteiger partial charge in [0.1, 0.15) is 110 Å². The minimum Gasteiger partial charge on any atom is -0.478 e. The van der Waals surface area contributed by atoms with Gasteiger partial charge in [0.05, 0.1) is 70.3 Å². The molecule has 21 N–H and O–H groups in total. The standard InChI is InChI=1S/C61H75N22O38P5/c1-23-12-79(60(94)76-51(23)88)40-9-28(119-122(96,97)106-15-32-25(85)6-38(112-32)81-20-66-45-48(81)70-56(63)73-53(45)90)34(114-40)17-109-126(104,105)121-30-11-43(83-22-68-47-50(83)72-58(65)75-55(47)92)116-36(30)19-110-124(100,101)118-27-8-39(78-5-4-37(62)69-59(78)93)113-33(27)16-108-125(102,103)120-29-10-42(82-21-67-46-49(82)71-57(64)74-54(46)91)115-35(29)18-107-123(98,99)117-26-7-41(111-31(26)14-84)80-13-24(2-3-44(86)87)52(89)77-61(80)95/h2-5,12-13,20-22,25-36,38-43,84-85H,6-11,14-19H2,1H3,(H,86,87)(H,96,97)(H,98,99)(H,100,101)(H,102,103)(H,104,105)(H2,62,69,93)(H,76,88,94)(H,77,89,95)(H3,63,70,73,90)(H3,64,71,74,91)(H3,65,72,75,92)/b3-2+/t25-,26-,27-,28-,29-,30-,31+,32+,33+,34+,35+,36+,38+,39+,40+,41+,42+,43+/m0/s1. The molecule has 0 aliphatic carbocycles. The molecule has 9 aromatic rings. The number of hydrogen-bond acceptors (Lipinski definition) is 43. The molecule has 60 nitrogen and oxygen atoms in total. The number of fused-ring (bicyclic) bond motifs is 3. The van der Waals surface area contributed by atoms with Gasteiger partial charge in [-0.1, -0.05) is 0 Å². The summed E-state index contributed by atoms with van der Waals surface area (Å²) in [5, 5.41) is 30.4. The van der Waals surface area contributed by atoms with Gasteiger partial charge >= 0.3 is 62.2 Å². The lowest BCUT2D eigenvalue weighted by molar-refractivity contribution is -0.131. The van der Waals surface area contributed by atoms with Gasteiger partial charge in [0.25, 0.3) is 27.8 Å². The molecule has 6 fully saturated rings. The fraction of sp³-hybridized carbons (Fsp3) is 0.508. The van der Waals surface area contributed by atoms with Crippen LogP contribution in [0.3, 0.4) is 0 Å². The molecule has 6 aliphatic rings. The van der Waals surface area contributed by atoms with Crippen LogP contribution in [0.1, 0.15) is 87.0 Å². The molecule has 15 rings (SSSR count). The highest BCUT2D eigenvalue weighted by Gasteiger charge is 2.52. The summed E-state index contributed by atoms with van der Waals surface area (Å²) in [6.45, 7) is -4.98. The number of aliphatic carboxylic acids is 1. The summed E-state index contributed by atoms with van der Waals surface area (Å²) in [6.07, 6.45) is -23.7. The first kappa shape index (κ1) is 90.7. The van der Waals surface area contributed by atoms with E-state index >= 15 is 0 Å². The number of carboxylic acids is 1. The number of nitrogens with two attached hydrogens (primary N) is 4. The molecule has 682 valence electrons. The molecule has 23 atom stereocenters. The number of aliphatic hydroxyl groups is 2. The minimum absolute atomic E-state index is 0.0190. The van der Waals surface area contributed by atoms with Crippen molar-refractivity contribution in [1.29, 1.82) is 0 Å². The Balaban J connectivity index is 0.635. The number of H-pyrrole nitrogens is 5. The summed E-state index contributed by atoms with van der Waals surface area (Å²) in [7, 11) is -27.8. The van der Waals surface area contributed by atoms with Crippen LogP contribution in [-0.2, 0) is 101 Å². The van der Waals surface area contributed by atoms with Gasteiger partial charge < -0.3 is 91.1 Å². The van der Waals surface area contributed by atoms with Gasteiger partial charge in [0.15, 0.2) is 33.5 Å². The number of rotatable bonds is 34. The summed E-state index contributed by atoms with van der Waals surface area (Å²) in [5.41, 5.74) is 14.4. The monoisotopic (exact) mass is 1880 g/mol. The summed E-state index contributed by atoms with van der Waals surface area (Å²) in [6, 6.07) is 1.16. The number of aromatic amines is 5. The van der Waals surface area contributed by atoms with Gasteiger partial charge in [0, 0.05) is 68.8 Å². The van der Waals surface area contributed by atoms with Crippen molar-refractivity contribution in [3.05, 3.63) is 144 Å². The number of nitrogens with zero attached hydrogens (tertiary/aromatic N) is 13. The molecule has 65 heteroatoms. The third-order valence-corrected chi connectivity index (χ3v) is 25.3. The van der Waals surface area contributed by atoms with E-state index in [4.69, 9.17) is 102 Å². The fourth-order valence-corrected chi connectivity index (χ4v) is 19.3. The van der Waals surface area contributed by atoms with Gasteiger partial charge in [0.2, 0.25) is 17.8 Å². The Hall–Kier alpha value is -10.1. The smallest absolute Gasteiger partial charge is 0.472 e. The number of phosphoric ester groups is 5. The third-order valence-electron chi connectivity index (χ3n) is 20.3. The minimum atomic E-state index is -5.70. The maximum atomic E-state index is 14.5. The molecule has 15 heterocycles. The Labute approximate surface area is 696 Å². The van der Waals surface area contributed by atoms with Crippen LogP contribution in [0.4, 0.5) is 23.7 Å². The number of aliphatic hydroxyl groups excluding tert-OH is 2. The van der Waals surface area contributed by atoms with E-state index in [1.54, 1.807) is 0 Å². The molecule has 6 saturated heterocycles. The van der Waals surface area contributed by atoms with Crippen molar-refractivity contribution in [1.82, 2.24) is 87.2 Å². The van der Waals surface area contributed by atoms with Crippen LogP contribution in [0.25, 0.3) is 39.6 Å². The first-order chi connectivity index (χ1) is 59.5. The first-order valence-electron chi connectivity index (χ1n) is 37.1. The molecule has 126 heavy (non-hydrogen) atoms. The highest BCUT2D eigenvalue weighted by molar-refractivity contribution is 7.48. The molecule has 0 spiro atoms. The normalized spacial score (nSPS) is 28.9. The molecule has 0 aromatic carbocycles. The fourth-order valence-electron chi connectivity index (χ4n) is 14.5. The number of ether oxygens (including phenoxy) is 6. The number of carboxylic acid groups (broad SMARTS) is 1. The summed E-state index contributed by atoms with van der Waals surface area (Å²) in [4.78, 5) is 210. The van der Waals surface area contributed by atoms with Crippen LogP contribution in [0.15, 0.2) is 88.1 Å². The van der Waals surface area contributed by atoms with E-state index in [1.165, 1.54) is 17.8 Å². The molecule has 6 aliphatic heterocycles. The first-order valence-corrected chi connectivity index (χ1v) is 44.6. The average Bonchev–Trinajstić information content (AvgIpc) is 1.46. The number of carbonyl (C=O) groups is 1. The number of aryl methyl sites for hydroxylation is 1. The van der Waals surface area contributed by atoms with Crippen molar-refractivity contribution in [3.8, 4) is 0 Å². The van der Waals surface area contributed by atoms with Gasteiger partial charge in [-0.2, -0.15) is 19.9 Å². The number of phosphoric acid groups is 5. The van der Waals surface area contributed by atoms with Gasteiger partial charge in [-0.3, -0.25) is 122 Å². The number of imidazole rings is 3. The lowest BCUT2D eigenvalue weighted by Gasteiger charge is -2.26. The van der Waals surface area contributed by atoms with Crippen LogP contribution < -0.4 is 67.8 Å². The number of aromatic nitrogens is 18. The Kier molecular flexibility index (Phi) is 25.8. The van der Waals surface area contributed by atoms with Crippen molar-refractivity contribution in [2.24, 2.45) is 0 Å². The van der Waals surface area contributed by atoms with Gasteiger partial charge in [-0.05, 0) is 19.1 Å². The highest BCUT2D eigenvalue weighted by atomic mass is 31.2. The molecular weight excluding hydrogens is 1800 g/mol. The largest absolute Gasteiger partial charge is 0.478 e. The Bertz CT molecular complexity index is 6490. The van der Waals surface area contributed by atoms with Crippen molar-refractivity contribution in [2.75, 3.05) is 62.6 Å². The van der Waals surface area contributed by atoms with Crippen molar-refractivity contribution in [2.45, 2.75) is 156 Å². The average molecular weight is 1880 g/mol. The van der Waals surface area contributed by atoms with E-state index in [9.17, 15) is 101 Å². The van der Waals surface area contributed by atoms with Crippen LogP contribution in [-0.4, -0.2) is 246 Å². The molecule has 0 saturated carbocycles. The van der Waals surface area contributed by atoms with Crippen molar-refractivity contribution >= 4 is 108 Å². The zero-order valence-electron chi connectivity index (χ0n) is 64.3. The summed E-state index contributed by atoms with van der Waals surface area (Å²) >= 11 is 0. The maximum absolute atomic E-state index is 14.5. The Morgan fingerprint density at radius 1 is 0.452 bits per heavy atom. The molecule has 0 radical (unpaired) electrons. The number of hydrogen-bond donors (Lipinski definition) is 17. The van der Waals surface area contributed by atoms with E-state index in [0.717, 1.165) is 66.2 Å². The lowest BCUT2D eigenvalue weighted by atomic mass is 10.2. The van der Waals surface area contributed by atoms with Crippen molar-refractivity contribution in [3.63, 3.8) is 0 Å². The van der Waals surface area contributed by atoms with Crippen molar-refractivity contribution < 1.29 is 141 Å². The van der Waals surface area contributed by atoms with Crippen LogP contribution >= 0.6 is 39.1 Å². The Morgan fingerprint density at radius 3 is 1.15 bits per heavy atom. The molecule has 0 bridgehead atoms. The lowest BCUT2D eigenvalue weighted by Crippen LogP contribution is -2.33. The summed E-state index contributed by atoms with van der Waals surface area (Å²) < 4.78 is 168. The quantitative estimate of drug-likeness (QED) is 0.0135. The second-order valence-electron chi connectivity index (χ2n) is 28.7. The van der Waals surface area contributed by atoms with E-state index < -0.39 is 284 Å². The number of nitrogens with one attached hydrogen (secondary N) is 5. The van der Waals surface area contributed by atoms with Gasteiger partial charge in [-0.25, -0.2) is 57.0 Å². The molecular formula is C61H75N22O38P5. The molecule has 9 aromatic heterocycles. The van der Waals surface area contributed by atoms with E-state index in [2.05, 4.69) is 54.8 Å². The van der Waals surface area contributed by atoms with Crippen LogP contribution in [0, 0.1) is 6.92 Å². The predicted octanol–water partition coefficient (Wildman–Crippen LogP) is -3.93.